The molecule has 4 N–H and O–H groups in total. The molecule has 0 bridgehead atoms. The number of halogens is 1. The summed E-state index contributed by atoms with van der Waals surface area (Å²) < 4.78 is 14.7. The summed E-state index contributed by atoms with van der Waals surface area (Å²) in [6.45, 7) is 5.70. The number of nitrogens with one attached hydrogen (secondary N) is 2. The van der Waals surface area contributed by atoms with Crippen LogP contribution in [-0.2, 0) is 0 Å². The maximum absolute atomic E-state index is 13.3. The van der Waals surface area contributed by atoms with E-state index in [1.807, 2.05) is 26.2 Å². The standard InChI is InChI=1S/C24H25FN6O2S/c1-4-19(14-5-7-17(25)8-6-14)28-23(33)20-10-16(12-34-20)15-9-18(22(32)27-13(2)3)21-29-24(26)30-31(21)11-15/h5-13,19H,4H2,1-3H3,(H2,26,30)(H,27,32)(H,28,33)/t19-/m1/s1. The van der Waals surface area contributed by atoms with Crippen molar-refractivity contribution in [2.45, 2.75) is 39.3 Å². The van der Waals surface area contributed by atoms with Crippen LogP contribution >= 0.6 is 11.3 Å². The number of anilines is 1. The van der Waals surface area contributed by atoms with Gasteiger partial charge in [0, 0.05) is 17.8 Å². The highest BCUT2D eigenvalue weighted by atomic mass is 32.1. The molecule has 0 fully saturated rings. The van der Waals surface area contributed by atoms with Gasteiger partial charge in [-0.2, -0.15) is 4.98 Å². The van der Waals surface area contributed by atoms with Crippen LogP contribution in [0.4, 0.5) is 10.3 Å². The molecule has 0 aliphatic rings. The Kier molecular flexibility index (Phi) is 6.60. The van der Waals surface area contributed by atoms with Gasteiger partial charge in [-0.1, -0.05) is 19.1 Å². The molecule has 1 aromatic carbocycles. The summed E-state index contributed by atoms with van der Waals surface area (Å²) in [6, 6.07) is 9.31. The van der Waals surface area contributed by atoms with Crippen molar-refractivity contribution in [3.05, 3.63) is 69.8 Å². The monoisotopic (exact) mass is 480 g/mol. The minimum atomic E-state index is -0.319. The van der Waals surface area contributed by atoms with E-state index >= 15 is 0 Å². The number of hydrogen-bond donors (Lipinski definition) is 3. The maximum atomic E-state index is 13.3. The van der Waals surface area contributed by atoms with E-state index in [9.17, 15) is 14.0 Å². The molecule has 0 saturated heterocycles. The summed E-state index contributed by atoms with van der Waals surface area (Å²) in [5.74, 6) is -0.767. The fourth-order valence-corrected chi connectivity index (χ4v) is 4.44. The van der Waals surface area contributed by atoms with Crippen molar-refractivity contribution in [3.8, 4) is 11.1 Å². The Labute approximate surface area is 200 Å². The molecule has 0 aliphatic heterocycles. The van der Waals surface area contributed by atoms with Crippen LogP contribution in [-0.4, -0.2) is 32.5 Å². The molecule has 0 spiro atoms. The Balaban J connectivity index is 1.62. The minimum absolute atomic E-state index is 0.0551. The van der Waals surface area contributed by atoms with E-state index in [0.717, 1.165) is 11.1 Å². The molecule has 0 aliphatic carbocycles. The highest BCUT2D eigenvalue weighted by Crippen LogP contribution is 2.28. The first kappa shape index (κ1) is 23.4. The SMILES string of the molecule is CC[C@@H](NC(=O)c1cc(-c2cc(C(=O)NC(C)C)c3nc(N)nn3c2)cs1)c1ccc(F)cc1. The number of carbonyl (C=O) groups excluding carboxylic acids is 2. The van der Waals surface area contributed by atoms with Crippen molar-refractivity contribution in [1.29, 1.82) is 0 Å². The van der Waals surface area contributed by atoms with E-state index in [0.29, 0.717) is 28.1 Å². The van der Waals surface area contributed by atoms with Crippen LogP contribution in [0, 0.1) is 5.82 Å². The van der Waals surface area contributed by atoms with Crippen LogP contribution in [0.5, 0.6) is 0 Å². The van der Waals surface area contributed by atoms with Crippen molar-refractivity contribution in [2.75, 3.05) is 5.73 Å². The highest BCUT2D eigenvalue weighted by molar-refractivity contribution is 7.12. The van der Waals surface area contributed by atoms with Gasteiger partial charge in [0.25, 0.3) is 11.8 Å². The van der Waals surface area contributed by atoms with E-state index in [4.69, 9.17) is 5.73 Å². The number of nitrogens with two attached hydrogens (primary N) is 1. The first-order valence-electron chi connectivity index (χ1n) is 10.9. The number of thiophene rings is 1. The number of fused-ring (bicyclic) bond motifs is 1. The third-order valence-electron chi connectivity index (χ3n) is 5.26. The highest BCUT2D eigenvalue weighted by Gasteiger charge is 2.20. The van der Waals surface area contributed by atoms with Crippen LogP contribution in [0.25, 0.3) is 16.8 Å². The van der Waals surface area contributed by atoms with Gasteiger partial charge in [-0.3, -0.25) is 9.59 Å². The van der Waals surface area contributed by atoms with Crippen LogP contribution in [0.1, 0.15) is 58.8 Å². The predicted molar refractivity (Wildman–Crippen MR) is 130 cm³/mol. The summed E-state index contributed by atoms with van der Waals surface area (Å²) >= 11 is 1.30. The number of pyridine rings is 1. The van der Waals surface area contributed by atoms with E-state index in [1.54, 1.807) is 30.5 Å². The van der Waals surface area contributed by atoms with E-state index in [1.165, 1.54) is 28.0 Å². The van der Waals surface area contributed by atoms with Crippen LogP contribution < -0.4 is 16.4 Å². The summed E-state index contributed by atoms with van der Waals surface area (Å²) in [6.07, 6.45) is 2.39. The Morgan fingerprint density at radius 2 is 1.85 bits per heavy atom. The fourth-order valence-electron chi connectivity index (χ4n) is 3.62. The molecular formula is C24H25FN6O2S. The molecule has 8 nitrogen and oxygen atoms in total. The molecular weight excluding hydrogens is 455 g/mol. The number of rotatable bonds is 7. The van der Waals surface area contributed by atoms with Gasteiger partial charge in [-0.25, -0.2) is 8.91 Å². The first-order valence-corrected chi connectivity index (χ1v) is 11.7. The number of nitrogens with zero attached hydrogens (tertiary/aromatic N) is 3. The molecule has 4 aromatic rings. The molecule has 34 heavy (non-hydrogen) atoms. The molecule has 2 amide bonds. The number of nitrogen functional groups attached to an aromatic ring is 1. The van der Waals surface area contributed by atoms with E-state index in [-0.39, 0.29) is 35.7 Å². The fraction of sp³-hybridized carbons (Fsp3) is 0.250. The molecule has 176 valence electrons. The van der Waals surface area contributed by atoms with Crippen molar-refractivity contribution in [2.24, 2.45) is 0 Å². The lowest BCUT2D eigenvalue weighted by molar-refractivity contribution is 0.0933. The number of benzene rings is 1. The Morgan fingerprint density at radius 1 is 1.12 bits per heavy atom. The van der Waals surface area contributed by atoms with Gasteiger partial charge in [0.05, 0.1) is 16.5 Å². The largest absolute Gasteiger partial charge is 0.366 e. The lowest BCUT2D eigenvalue weighted by atomic mass is 10.0. The summed E-state index contributed by atoms with van der Waals surface area (Å²) in [5, 5.41) is 11.9. The predicted octanol–water partition coefficient (Wildman–Crippen LogP) is 4.20. The number of carbonyl (C=O) groups is 2. The van der Waals surface area contributed by atoms with E-state index < -0.39 is 0 Å². The second kappa shape index (κ2) is 9.60. The second-order valence-electron chi connectivity index (χ2n) is 8.19. The normalized spacial score (nSPS) is 12.1. The average molecular weight is 481 g/mol. The zero-order chi connectivity index (χ0) is 24.4. The smallest absolute Gasteiger partial charge is 0.261 e. The molecule has 3 heterocycles. The lowest BCUT2D eigenvalue weighted by Crippen LogP contribution is -2.30. The Bertz CT molecular complexity index is 1350. The maximum Gasteiger partial charge on any atom is 0.261 e. The van der Waals surface area contributed by atoms with Crippen LogP contribution in [0.3, 0.4) is 0 Å². The Hall–Kier alpha value is -3.79. The third-order valence-corrected chi connectivity index (χ3v) is 6.19. The molecule has 0 radical (unpaired) electrons. The first-order chi connectivity index (χ1) is 16.2. The van der Waals surface area contributed by atoms with Crippen molar-refractivity contribution >= 4 is 34.7 Å². The van der Waals surface area contributed by atoms with Gasteiger partial charge in [0.2, 0.25) is 5.95 Å². The lowest BCUT2D eigenvalue weighted by Gasteiger charge is -2.17. The van der Waals surface area contributed by atoms with E-state index in [2.05, 4.69) is 20.7 Å². The molecule has 3 aromatic heterocycles. The average Bonchev–Trinajstić information content (AvgIpc) is 3.43. The van der Waals surface area contributed by atoms with Gasteiger partial charge in [0.1, 0.15) is 5.82 Å². The van der Waals surface area contributed by atoms with Crippen molar-refractivity contribution in [3.63, 3.8) is 0 Å². The number of amides is 2. The molecule has 0 saturated carbocycles. The van der Waals surface area contributed by atoms with Gasteiger partial charge in [0.15, 0.2) is 5.65 Å². The van der Waals surface area contributed by atoms with Crippen molar-refractivity contribution < 1.29 is 14.0 Å². The third kappa shape index (κ3) is 4.91. The van der Waals surface area contributed by atoms with Gasteiger partial charge in [-0.05, 0) is 61.0 Å². The second-order valence-corrected chi connectivity index (χ2v) is 9.11. The summed E-state index contributed by atoms with van der Waals surface area (Å²) in [7, 11) is 0. The van der Waals surface area contributed by atoms with Crippen LogP contribution in [0.2, 0.25) is 0 Å². The number of hydrogen-bond acceptors (Lipinski definition) is 6. The van der Waals surface area contributed by atoms with Gasteiger partial charge >= 0.3 is 0 Å². The zero-order valence-electron chi connectivity index (χ0n) is 19.0. The minimum Gasteiger partial charge on any atom is -0.366 e. The summed E-state index contributed by atoms with van der Waals surface area (Å²) in [5.41, 5.74) is 8.77. The summed E-state index contributed by atoms with van der Waals surface area (Å²) in [4.78, 5) is 30.4. The number of aromatic nitrogens is 3. The molecule has 4 rings (SSSR count). The molecule has 0 unspecified atom stereocenters. The zero-order valence-corrected chi connectivity index (χ0v) is 19.8. The topological polar surface area (TPSA) is 114 Å². The molecule has 10 heteroatoms. The van der Waals surface area contributed by atoms with Gasteiger partial charge < -0.3 is 16.4 Å². The quantitative estimate of drug-likeness (QED) is 0.367. The van der Waals surface area contributed by atoms with Crippen LogP contribution in [0.15, 0.2) is 48.0 Å². The Morgan fingerprint density at radius 3 is 2.53 bits per heavy atom. The van der Waals surface area contributed by atoms with Gasteiger partial charge in [-0.15, -0.1) is 16.4 Å². The molecule has 1 atom stereocenters. The van der Waals surface area contributed by atoms with Crippen molar-refractivity contribution in [1.82, 2.24) is 25.2 Å².